The number of rotatable bonds is 17. The van der Waals surface area contributed by atoms with Crippen molar-refractivity contribution < 1.29 is 70.3 Å². The first-order valence-corrected chi connectivity index (χ1v) is 23.4. The lowest BCUT2D eigenvalue weighted by molar-refractivity contribution is -0.366. The Kier molecular flexibility index (Phi) is 15.4. The van der Waals surface area contributed by atoms with E-state index < -0.39 is 87.8 Å². The zero-order valence-electron chi connectivity index (χ0n) is 36.5. The largest absolute Gasteiger partial charge is 0.478 e. The van der Waals surface area contributed by atoms with E-state index in [9.17, 15) is 4.79 Å². The Morgan fingerprint density at radius 1 is 0.530 bits per heavy atom. The summed E-state index contributed by atoms with van der Waals surface area (Å²) in [6.07, 6.45) is -12.5. The van der Waals surface area contributed by atoms with E-state index in [2.05, 4.69) is 0 Å². The van der Waals surface area contributed by atoms with E-state index in [0.717, 1.165) is 22.3 Å². The van der Waals surface area contributed by atoms with Crippen molar-refractivity contribution in [2.75, 3.05) is 20.3 Å². The maximum absolute atomic E-state index is 15.9. The summed E-state index contributed by atoms with van der Waals surface area (Å²) in [6.45, 7) is 1.29. The number of esters is 1. The fraction of sp³-hybridized carbons (Fsp3) is 0.380. The Hall–Kier alpha value is -4.68. The third kappa shape index (κ3) is 11.4. The lowest BCUT2D eigenvalue weighted by Crippen LogP contribution is -2.64. The summed E-state index contributed by atoms with van der Waals surface area (Å²) in [7, 11) is -3.41. The second kappa shape index (κ2) is 22.0. The lowest BCUT2D eigenvalue weighted by Gasteiger charge is -2.50. The Morgan fingerprint density at radius 2 is 0.955 bits per heavy atom. The topological polar surface area (TPSA) is 154 Å². The normalized spacial score (nSPS) is 30.6. The maximum atomic E-state index is 15.9. The Bertz CT molecular complexity index is 2310. The molecule has 5 aromatic rings. The highest BCUT2D eigenvalue weighted by Gasteiger charge is 2.58. The average Bonchev–Trinajstić information content (AvgIpc) is 3.36. The number of benzene rings is 5. The van der Waals surface area contributed by atoms with Crippen LogP contribution >= 0.6 is 7.82 Å². The molecule has 15 nitrogen and oxygen atoms in total. The van der Waals surface area contributed by atoms with Gasteiger partial charge in [0, 0.05) is 25.2 Å². The summed E-state index contributed by atoms with van der Waals surface area (Å²) in [6, 6.07) is 46.9. The molecule has 0 saturated carbocycles. The Labute approximate surface area is 383 Å². The van der Waals surface area contributed by atoms with Gasteiger partial charge in [-0.2, -0.15) is 0 Å². The number of carbonyl (C=O) groups is 1. The van der Waals surface area contributed by atoms with Gasteiger partial charge >= 0.3 is 13.8 Å². The van der Waals surface area contributed by atoms with Crippen molar-refractivity contribution in [1.82, 2.24) is 0 Å². The highest BCUT2D eigenvalue weighted by molar-refractivity contribution is 7.48. The third-order valence-electron chi connectivity index (χ3n) is 11.5. The van der Waals surface area contributed by atoms with E-state index in [4.69, 9.17) is 60.9 Å². The average molecular weight is 925 g/mol. The van der Waals surface area contributed by atoms with Crippen molar-refractivity contribution in [3.63, 3.8) is 0 Å². The monoisotopic (exact) mass is 924 g/mol. The van der Waals surface area contributed by atoms with Crippen LogP contribution in [0.1, 0.15) is 47.3 Å². The zero-order chi connectivity index (χ0) is 45.3. The molecule has 4 heterocycles. The molecule has 5 aromatic carbocycles. The zero-order valence-corrected chi connectivity index (χ0v) is 37.4. The van der Waals surface area contributed by atoms with Gasteiger partial charge in [0.25, 0.3) is 0 Å². The molecular formula is C50H53O15P. The molecule has 0 spiro atoms. The number of fused-ring (bicyclic) bond motifs is 2. The first-order valence-electron chi connectivity index (χ1n) is 21.9. The van der Waals surface area contributed by atoms with Crippen LogP contribution in [-0.2, 0) is 90.1 Å². The predicted octanol–water partition coefficient (Wildman–Crippen LogP) is 8.14. The van der Waals surface area contributed by atoms with E-state index in [1.54, 1.807) is 0 Å². The molecule has 0 N–H and O–H groups in total. The van der Waals surface area contributed by atoms with Gasteiger partial charge in [0.05, 0.1) is 33.0 Å². The second-order valence-corrected chi connectivity index (χ2v) is 17.7. The molecule has 0 bridgehead atoms. The van der Waals surface area contributed by atoms with E-state index in [0.29, 0.717) is 5.56 Å². The molecule has 4 aliphatic rings. The number of carbonyl (C=O) groups excluding carboxylic acids is 1. The van der Waals surface area contributed by atoms with Crippen LogP contribution in [0, 0.1) is 0 Å². The Balaban J connectivity index is 1.08. The SMILES string of the molecule is CO[C@H]1O[C@@H]2CO[C@@H](c3ccccc3)O[C@H]2[C@H](OP(=O)(OCc2ccccc2)O[C@H]2O[C@@H]3CO[C@@H](c4ccccc4)O[C@H]3[C@H](OC(C)=O)[C@@H]2OCc2ccccc2)[C@@H]1OCc1ccccc1. The van der Waals surface area contributed by atoms with Gasteiger partial charge in [-0.25, -0.2) is 4.57 Å². The lowest BCUT2D eigenvalue weighted by atomic mass is 9.97. The van der Waals surface area contributed by atoms with Gasteiger partial charge in [-0.1, -0.05) is 152 Å². The quantitative estimate of drug-likeness (QED) is 0.0651. The molecular weight excluding hydrogens is 872 g/mol. The highest BCUT2D eigenvalue weighted by Crippen LogP contribution is 2.56. The molecule has 0 aromatic heterocycles. The van der Waals surface area contributed by atoms with Crippen molar-refractivity contribution in [2.24, 2.45) is 0 Å². The summed E-state index contributed by atoms with van der Waals surface area (Å²) in [4.78, 5) is 13.0. The van der Waals surface area contributed by atoms with Crippen LogP contribution in [0.15, 0.2) is 152 Å². The van der Waals surface area contributed by atoms with Crippen LogP contribution in [0.3, 0.4) is 0 Å². The van der Waals surface area contributed by atoms with Crippen LogP contribution < -0.4 is 0 Å². The second-order valence-electron chi connectivity index (χ2n) is 16.2. The van der Waals surface area contributed by atoms with Gasteiger partial charge in [-0.3, -0.25) is 18.4 Å². The van der Waals surface area contributed by atoms with Gasteiger partial charge in [0.1, 0.15) is 42.7 Å². The number of ether oxygens (including phenoxy) is 10. The molecule has 348 valence electrons. The minimum Gasteiger partial charge on any atom is -0.457 e. The van der Waals surface area contributed by atoms with E-state index in [-0.39, 0.29) is 33.0 Å². The standard InChI is InChI=1S/C50H53O15P/c1-33(51)59-43-41-39(31-56-47(62-41)37-24-14-6-15-25-37)61-50(45(43)54-28-34-18-8-3-9-19-34)65-66(52,58-30-36-22-12-5-13-23-36)64-44-42-40(32-57-48(63-42)38-26-16-7-17-27-38)60-49(53-2)46(44)55-29-35-20-10-4-11-21-35/h3-27,39-50H,28-32H2,1-2H3/t39-,40-,41-,42-,43+,44+,45+,46+,47-,48-,49+,50-,66?/m1/s1. The molecule has 13 atom stereocenters. The molecule has 0 amide bonds. The van der Waals surface area contributed by atoms with Gasteiger partial charge in [0.15, 0.2) is 31.3 Å². The molecule has 66 heavy (non-hydrogen) atoms. The number of hydrogen-bond acceptors (Lipinski definition) is 15. The molecule has 0 aliphatic carbocycles. The van der Waals surface area contributed by atoms with E-state index in [1.807, 2.05) is 152 Å². The first-order chi connectivity index (χ1) is 32.3. The molecule has 4 aliphatic heterocycles. The van der Waals surface area contributed by atoms with Gasteiger partial charge in [-0.15, -0.1) is 0 Å². The smallest absolute Gasteiger partial charge is 0.457 e. The highest BCUT2D eigenvalue weighted by atomic mass is 31.2. The fourth-order valence-corrected chi connectivity index (χ4v) is 9.79. The molecule has 4 fully saturated rings. The maximum Gasteiger partial charge on any atom is 0.478 e. The number of phosphoric ester groups is 1. The number of phosphoric acid groups is 1. The summed E-state index contributed by atoms with van der Waals surface area (Å²) in [5.74, 6) is -0.610. The van der Waals surface area contributed by atoms with Crippen molar-refractivity contribution in [2.45, 2.75) is 101 Å². The van der Waals surface area contributed by atoms with Crippen LogP contribution in [-0.4, -0.2) is 87.7 Å². The van der Waals surface area contributed by atoms with Gasteiger partial charge in [-0.05, 0) is 16.7 Å². The number of hydrogen-bond donors (Lipinski definition) is 0. The Morgan fingerprint density at radius 3 is 1.42 bits per heavy atom. The molecule has 1 unspecified atom stereocenters. The molecule has 16 heteroatoms. The first kappa shape index (κ1) is 46.4. The van der Waals surface area contributed by atoms with Crippen LogP contribution in [0.4, 0.5) is 0 Å². The van der Waals surface area contributed by atoms with Crippen LogP contribution in [0.2, 0.25) is 0 Å². The van der Waals surface area contributed by atoms with Crippen molar-refractivity contribution in [3.8, 4) is 0 Å². The summed E-state index contributed by atoms with van der Waals surface area (Å²) in [5, 5.41) is 0. The van der Waals surface area contributed by atoms with Gasteiger partial charge in [0.2, 0.25) is 0 Å². The molecule has 9 rings (SSSR count). The molecule has 0 radical (unpaired) electrons. The molecule has 4 saturated heterocycles. The van der Waals surface area contributed by atoms with Gasteiger partial charge < -0.3 is 47.4 Å². The minimum absolute atomic E-state index is 0.00730. The third-order valence-corrected chi connectivity index (χ3v) is 12.9. The summed E-state index contributed by atoms with van der Waals surface area (Å²) >= 11 is 0. The van der Waals surface area contributed by atoms with Crippen LogP contribution in [0.5, 0.6) is 0 Å². The summed E-state index contributed by atoms with van der Waals surface area (Å²) in [5.41, 5.74) is 3.83. The minimum atomic E-state index is -4.89. The van der Waals surface area contributed by atoms with E-state index >= 15 is 4.57 Å². The summed E-state index contributed by atoms with van der Waals surface area (Å²) < 4.78 is 99.3. The van der Waals surface area contributed by atoms with Crippen LogP contribution in [0.25, 0.3) is 0 Å². The van der Waals surface area contributed by atoms with Crippen molar-refractivity contribution >= 4 is 13.8 Å². The predicted molar refractivity (Wildman–Crippen MR) is 235 cm³/mol. The van der Waals surface area contributed by atoms with E-state index in [1.165, 1.54) is 14.0 Å². The van der Waals surface area contributed by atoms with Crippen molar-refractivity contribution in [1.29, 1.82) is 0 Å². The number of methoxy groups -OCH3 is 1. The fourth-order valence-electron chi connectivity index (χ4n) is 8.35. The van der Waals surface area contributed by atoms with Crippen molar-refractivity contribution in [3.05, 3.63) is 179 Å².